The second-order valence-corrected chi connectivity index (χ2v) is 4.77. The number of nitrogens with zero attached hydrogens (tertiary/aromatic N) is 1. The molecule has 2 N–H and O–H groups in total. The van der Waals surface area contributed by atoms with Crippen LogP contribution in [0.2, 0.25) is 5.02 Å². The summed E-state index contributed by atoms with van der Waals surface area (Å²) in [5.41, 5.74) is 0.535. The molecule has 4 nitrogen and oxygen atoms in total. The van der Waals surface area contributed by atoms with Gasteiger partial charge in [-0.3, -0.25) is 4.79 Å². The van der Waals surface area contributed by atoms with E-state index < -0.39 is 0 Å². The van der Waals surface area contributed by atoms with Crippen LogP contribution in [-0.4, -0.2) is 16.0 Å². The summed E-state index contributed by atoms with van der Waals surface area (Å²) in [5, 5.41) is 4.48. The first-order valence-electron chi connectivity index (χ1n) is 5.64. The Labute approximate surface area is 103 Å². The van der Waals surface area contributed by atoms with Crippen molar-refractivity contribution in [3.05, 3.63) is 39.4 Å². The van der Waals surface area contributed by atoms with Crippen molar-refractivity contribution in [1.82, 2.24) is 15.3 Å². The van der Waals surface area contributed by atoms with Gasteiger partial charge in [-0.05, 0) is 31.0 Å². The molecule has 0 unspecified atom stereocenters. The van der Waals surface area contributed by atoms with Gasteiger partial charge >= 0.3 is 0 Å². The number of halogens is 1. The summed E-state index contributed by atoms with van der Waals surface area (Å²) in [6, 6.07) is 5.70. The van der Waals surface area contributed by atoms with Gasteiger partial charge in [-0.2, -0.15) is 0 Å². The van der Waals surface area contributed by atoms with Gasteiger partial charge in [-0.15, -0.1) is 0 Å². The Hall–Kier alpha value is -1.39. The summed E-state index contributed by atoms with van der Waals surface area (Å²) in [6.45, 7) is 0.600. The fourth-order valence-corrected chi connectivity index (χ4v) is 1.94. The lowest BCUT2D eigenvalue weighted by molar-refractivity contribution is 0.658. The quantitative estimate of drug-likeness (QED) is 0.873. The molecule has 3 rings (SSSR count). The molecule has 5 heteroatoms. The predicted octanol–water partition coefficient (Wildman–Crippen LogP) is 1.83. The lowest BCUT2D eigenvalue weighted by atomic mass is 10.2. The highest BCUT2D eigenvalue weighted by Crippen LogP contribution is 2.19. The molecule has 0 aliphatic heterocycles. The Morgan fingerprint density at radius 2 is 2.29 bits per heavy atom. The third kappa shape index (κ3) is 2.33. The molecule has 17 heavy (non-hydrogen) atoms. The predicted molar refractivity (Wildman–Crippen MR) is 67.2 cm³/mol. The molecule has 1 aliphatic carbocycles. The molecular weight excluding hydrogens is 238 g/mol. The lowest BCUT2D eigenvalue weighted by Crippen LogP contribution is -2.20. The molecule has 1 aliphatic rings. The third-order valence-electron chi connectivity index (χ3n) is 2.85. The Bertz CT molecular complexity index is 619. The smallest absolute Gasteiger partial charge is 0.258 e. The van der Waals surface area contributed by atoms with Gasteiger partial charge in [0.1, 0.15) is 5.82 Å². The zero-order valence-corrected chi connectivity index (χ0v) is 9.92. The van der Waals surface area contributed by atoms with Crippen molar-refractivity contribution in [1.29, 1.82) is 0 Å². The minimum atomic E-state index is -0.112. The minimum absolute atomic E-state index is 0.112. The van der Waals surface area contributed by atoms with E-state index in [0.29, 0.717) is 34.3 Å². The van der Waals surface area contributed by atoms with Crippen LogP contribution >= 0.6 is 11.6 Å². The first-order valence-corrected chi connectivity index (χ1v) is 6.02. The summed E-state index contributed by atoms with van der Waals surface area (Å²) < 4.78 is 0. The van der Waals surface area contributed by atoms with Crippen LogP contribution in [0.5, 0.6) is 0 Å². The Morgan fingerprint density at radius 1 is 1.47 bits per heavy atom. The fourth-order valence-electron chi connectivity index (χ4n) is 1.77. The van der Waals surface area contributed by atoms with Crippen molar-refractivity contribution in [3.8, 4) is 0 Å². The van der Waals surface area contributed by atoms with E-state index >= 15 is 0 Å². The molecule has 0 atom stereocenters. The average molecular weight is 250 g/mol. The topological polar surface area (TPSA) is 57.8 Å². The van der Waals surface area contributed by atoms with E-state index in [2.05, 4.69) is 15.3 Å². The van der Waals surface area contributed by atoms with Gasteiger partial charge in [0.2, 0.25) is 0 Å². The molecule has 0 spiro atoms. The monoisotopic (exact) mass is 249 g/mol. The van der Waals surface area contributed by atoms with Gasteiger partial charge in [0.25, 0.3) is 5.56 Å². The van der Waals surface area contributed by atoms with Gasteiger partial charge in [0.15, 0.2) is 0 Å². The molecule has 0 bridgehead atoms. The largest absolute Gasteiger partial charge is 0.309 e. The van der Waals surface area contributed by atoms with E-state index in [1.807, 2.05) is 0 Å². The molecule has 0 amide bonds. The van der Waals surface area contributed by atoms with E-state index in [1.54, 1.807) is 18.2 Å². The zero-order valence-electron chi connectivity index (χ0n) is 9.16. The Kier molecular flexibility index (Phi) is 2.61. The van der Waals surface area contributed by atoms with Crippen molar-refractivity contribution >= 4 is 22.5 Å². The van der Waals surface area contributed by atoms with Gasteiger partial charge < -0.3 is 10.3 Å². The van der Waals surface area contributed by atoms with E-state index in [0.717, 1.165) is 0 Å². The maximum Gasteiger partial charge on any atom is 0.258 e. The van der Waals surface area contributed by atoms with Crippen LogP contribution in [-0.2, 0) is 6.54 Å². The number of benzene rings is 1. The number of H-pyrrole nitrogens is 1. The summed E-state index contributed by atoms with van der Waals surface area (Å²) in [6.07, 6.45) is 2.42. The molecule has 2 aromatic rings. The van der Waals surface area contributed by atoms with Crippen molar-refractivity contribution in [2.45, 2.75) is 25.4 Å². The van der Waals surface area contributed by atoms with Gasteiger partial charge in [0.05, 0.1) is 17.4 Å². The van der Waals surface area contributed by atoms with E-state index in [9.17, 15) is 4.79 Å². The minimum Gasteiger partial charge on any atom is -0.309 e. The summed E-state index contributed by atoms with van der Waals surface area (Å²) in [5.74, 6) is 0.664. The van der Waals surface area contributed by atoms with Gasteiger partial charge in [0, 0.05) is 11.1 Å². The molecule has 88 valence electrons. The van der Waals surface area contributed by atoms with Gasteiger partial charge in [-0.1, -0.05) is 11.6 Å². The number of aromatic amines is 1. The maximum atomic E-state index is 11.8. The number of hydrogen-bond acceptors (Lipinski definition) is 3. The van der Waals surface area contributed by atoms with E-state index in [4.69, 9.17) is 11.6 Å². The standard InChI is InChI=1S/C12H12ClN3O/c13-7-1-4-9-10(5-7)15-11(16-12(9)17)6-14-8-2-3-8/h1,4-5,8,14H,2-3,6H2,(H,15,16,17). The molecule has 1 saturated carbocycles. The second kappa shape index (κ2) is 4.13. The molecule has 1 heterocycles. The number of aromatic nitrogens is 2. The highest BCUT2D eigenvalue weighted by Gasteiger charge is 2.20. The van der Waals surface area contributed by atoms with Crippen LogP contribution in [0.15, 0.2) is 23.0 Å². The molecular formula is C12H12ClN3O. The van der Waals surface area contributed by atoms with Crippen LogP contribution < -0.4 is 10.9 Å². The Balaban J connectivity index is 1.99. The highest BCUT2D eigenvalue weighted by atomic mass is 35.5. The fraction of sp³-hybridized carbons (Fsp3) is 0.333. The normalized spacial score (nSPS) is 15.4. The van der Waals surface area contributed by atoms with Crippen molar-refractivity contribution in [2.24, 2.45) is 0 Å². The Morgan fingerprint density at radius 3 is 3.06 bits per heavy atom. The number of rotatable bonds is 3. The number of fused-ring (bicyclic) bond motifs is 1. The first-order chi connectivity index (χ1) is 8.22. The van der Waals surface area contributed by atoms with Crippen LogP contribution in [0.25, 0.3) is 10.9 Å². The summed E-state index contributed by atoms with van der Waals surface area (Å²) in [7, 11) is 0. The molecule has 1 aromatic heterocycles. The van der Waals surface area contributed by atoms with Crippen LogP contribution in [0.3, 0.4) is 0 Å². The van der Waals surface area contributed by atoms with Crippen molar-refractivity contribution < 1.29 is 0 Å². The van der Waals surface area contributed by atoms with Crippen molar-refractivity contribution in [3.63, 3.8) is 0 Å². The van der Waals surface area contributed by atoms with E-state index in [-0.39, 0.29) is 5.56 Å². The van der Waals surface area contributed by atoms with Crippen LogP contribution in [0.4, 0.5) is 0 Å². The number of nitrogens with one attached hydrogen (secondary N) is 2. The molecule has 0 saturated heterocycles. The third-order valence-corrected chi connectivity index (χ3v) is 3.09. The van der Waals surface area contributed by atoms with Crippen LogP contribution in [0.1, 0.15) is 18.7 Å². The van der Waals surface area contributed by atoms with E-state index in [1.165, 1.54) is 12.8 Å². The molecule has 1 aromatic carbocycles. The average Bonchev–Trinajstić information content (AvgIpc) is 3.09. The maximum absolute atomic E-state index is 11.8. The highest BCUT2D eigenvalue weighted by molar-refractivity contribution is 6.31. The second-order valence-electron chi connectivity index (χ2n) is 4.33. The summed E-state index contributed by atoms with van der Waals surface area (Å²) in [4.78, 5) is 19.0. The number of hydrogen-bond donors (Lipinski definition) is 2. The molecule has 1 fully saturated rings. The van der Waals surface area contributed by atoms with Gasteiger partial charge in [-0.25, -0.2) is 4.98 Å². The summed E-state index contributed by atoms with van der Waals surface area (Å²) >= 11 is 5.89. The lowest BCUT2D eigenvalue weighted by Gasteiger charge is -2.04. The van der Waals surface area contributed by atoms with Crippen molar-refractivity contribution in [2.75, 3.05) is 0 Å². The van der Waals surface area contributed by atoms with Crippen LogP contribution in [0, 0.1) is 0 Å². The SMILES string of the molecule is O=c1[nH]c(CNC2CC2)nc2cc(Cl)ccc12. The molecule has 0 radical (unpaired) electrons. The first kappa shape index (κ1) is 10.7. The zero-order chi connectivity index (χ0) is 11.8.